The predicted octanol–water partition coefficient (Wildman–Crippen LogP) is 13.8. The van der Waals surface area contributed by atoms with Crippen molar-refractivity contribution in [2.24, 2.45) is 0 Å². The first-order valence-electron chi connectivity index (χ1n) is 33.1. The number of fused-ring (bicyclic) bond motifs is 7. The van der Waals surface area contributed by atoms with Gasteiger partial charge in [-0.05, 0) is 137 Å². The molecule has 4 aliphatic rings. The second kappa shape index (κ2) is 26.6. The van der Waals surface area contributed by atoms with E-state index < -0.39 is 12.5 Å². The number of carbonyl (C=O) groups is 2. The summed E-state index contributed by atoms with van der Waals surface area (Å²) in [5.74, 6) is 2.34. The Morgan fingerprint density at radius 2 is 1.00 bits per heavy atom. The van der Waals surface area contributed by atoms with Gasteiger partial charge in [-0.25, -0.2) is 47.9 Å². The number of imidazole rings is 3. The van der Waals surface area contributed by atoms with Crippen LogP contribution >= 0.6 is 0 Å². The number of anilines is 3. The lowest BCUT2D eigenvalue weighted by molar-refractivity contribution is 0.0696. The Morgan fingerprint density at radius 3 is 1.46 bits per heavy atom. The van der Waals surface area contributed by atoms with Gasteiger partial charge in [-0.15, -0.1) is 0 Å². The summed E-state index contributed by atoms with van der Waals surface area (Å²) in [7, 11) is 3.44. The molecule has 9 heterocycles. The summed E-state index contributed by atoms with van der Waals surface area (Å²) in [6.07, 6.45) is 15.4. The Kier molecular flexibility index (Phi) is 16.7. The quantitative estimate of drug-likeness (QED) is 0.0751. The maximum absolute atomic E-state index is 14.6. The van der Waals surface area contributed by atoms with Crippen LogP contribution in [0.5, 0.6) is 17.2 Å². The zero-order valence-corrected chi connectivity index (χ0v) is 54.3. The lowest BCUT2D eigenvalue weighted by Crippen LogP contribution is -2.11. The van der Waals surface area contributed by atoms with Crippen LogP contribution in [0.3, 0.4) is 0 Å². The first kappa shape index (κ1) is 60.8. The van der Waals surface area contributed by atoms with Gasteiger partial charge in [0.15, 0.2) is 5.78 Å². The summed E-state index contributed by atoms with van der Waals surface area (Å²) in [4.78, 5) is 53.0. The highest BCUT2D eigenvalue weighted by Gasteiger charge is 2.26. The molecule has 492 valence electrons. The predicted molar refractivity (Wildman–Crippen MR) is 365 cm³/mol. The van der Waals surface area contributed by atoms with Crippen LogP contribution in [0.4, 0.5) is 31.0 Å². The minimum absolute atomic E-state index is 0.191. The molecule has 0 atom stereocenters. The van der Waals surface area contributed by atoms with E-state index in [-0.39, 0.29) is 41.9 Å². The third kappa shape index (κ3) is 12.7. The van der Waals surface area contributed by atoms with Crippen molar-refractivity contribution in [1.29, 1.82) is 0 Å². The number of ether oxygens (including phenoxy) is 3. The largest absolute Gasteiger partial charge is 0.493 e. The van der Waals surface area contributed by atoms with Crippen LogP contribution in [-0.2, 0) is 51.8 Å². The number of rotatable bonds is 15. The number of aromatic carboxylic acids is 1. The first-order valence-corrected chi connectivity index (χ1v) is 32.1. The van der Waals surface area contributed by atoms with Crippen LogP contribution in [-0.4, -0.2) is 98.8 Å². The molecule has 0 saturated heterocycles. The van der Waals surface area contributed by atoms with E-state index in [4.69, 9.17) is 26.9 Å². The molecule has 0 spiro atoms. The van der Waals surface area contributed by atoms with Gasteiger partial charge in [-0.3, -0.25) is 18.0 Å². The minimum Gasteiger partial charge on any atom is -0.493 e. The van der Waals surface area contributed by atoms with E-state index in [9.17, 15) is 27.9 Å². The van der Waals surface area contributed by atoms with Crippen molar-refractivity contribution in [3.63, 3.8) is 0 Å². The Bertz CT molecular complexity index is 5210. The number of hydrogen-bond acceptors (Lipinski definition) is 15. The molecular weight excluding hydrogens is 1240 g/mol. The maximum atomic E-state index is 14.6. The zero-order valence-electron chi connectivity index (χ0n) is 56.3. The van der Waals surface area contributed by atoms with Gasteiger partial charge in [0.05, 0.1) is 42.5 Å². The maximum Gasteiger partial charge on any atom is 0.335 e. The summed E-state index contributed by atoms with van der Waals surface area (Å²) in [5, 5.41) is 19.1. The number of nitrogens with one attached hydrogen (secondary N) is 3. The van der Waals surface area contributed by atoms with E-state index in [1.54, 1.807) is 78.4 Å². The highest BCUT2D eigenvalue weighted by Crippen LogP contribution is 2.37. The van der Waals surface area contributed by atoms with Gasteiger partial charge in [0.25, 0.3) is 0 Å². The second-order valence-corrected chi connectivity index (χ2v) is 24.6. The molecule has 0 saturated carbocycles. The highest BCUT2D eigenvalue weighted by molar-refractivity contribution is 5.99. The Labute approximate surface area is 559 Å². The summed E-state index contributed by atoms with van der Waals surface area (Å²) in [5.41, 5.74) is 17.8. The van der Waals surface area contributed by atoms with Crippen molar-refractivity contribution in [1.82, 2.24) is 48.0 Å². The topological polar surface area (TPSA) is 212 Å². The van der Waals surface area contributed by atoms with Crippen molar-refractivity contribution in [3.8, 4) is 50.6 Å². The molecule has 0 amide bonds. The molecule has 19 nitrogen and oxygen atoms in total. The minimum atomic E-state index is -1.58. The molecule has 22 heteroatoms. The number of hydrogen-bond donors (Lipinski definition) is 4. The lowest BCUT2D eigenvalue weighted by atomic mass is 9.88. The van der Waals surface area contributed by atoms with Gasteiger partial charge < -0.3 is 40.2 Å². The van der Waals surface area contributed by atoms with Crippen LogP contribution in [0.1, 0.15) is 103 Å². The van der Waals surface area contributed by atoms with E-state index in [2.05, 4.69) is 42.0 Å². The fourth-order valence-electron chi connectivity index (χ4n) is 13.2. The fraction of sp³-hybridized carbons (Fsp3) is 0.253. The van der Waals surface area contributed by atoms with E-state index in [1.165, 1.54) is 18.2 Å². The fourth-order valence-corrected chi connectivity index (χ4v) is 13.2. The zero-order chi connectivity index (χ0) is 69.0. The van der Waals surface area contributed by atoms with Crippen molar-refractivity contribution < 1.29 is 44.8 Å². The van der Waals surface area contributed by atoms with Crippen LogP contribution in [0.2, 0.25) is 0 Å². The lowest BCUT2D eigenvalue weighted by Gasteiger charge is -2.16. The Balaban J connectivity index is 0.000000127. The second-order valence-electron chi connectivity index (χ2n) is 24.6. The van der Waals surface area contributed by atoms with E-state index >= 15 is 0 Å². The molecule has 97 heavy (non-hydrogen) atoms. The normalized spacial score (nSPS) is 13.9. The van der Waals surface area contributed by atoms with Crippen LogP contribution in [0, 0.1) is 45.1 Å². The molecule has 6 aromatic heterocycles. The number of benzene rings is 6. The molecule has 3 aliphatic heterocycles. The standard InChI is InChI=1S/C26H28FN5O.C26H23FN4O2.C23H19FN4O3/c1-16-11-18(15-31(3)4)5-6-19(16)22-13-29-26(32-14-17(2)30-25(22)32)28-12-21-20-9-10-33-24(20)8-7-23(21)27;1-15-14-31-25(30-15)20(17-5-6-18-16(11-17)3-2-4-23(18)32)12-28-26(31)29-13-21-19-9-10-33-24(19)8-7-22(21)27;1-13-12-28-21(27-13)17(14-3-2-4-15(9-14)22(29)30)10-25-23(28)26-11-18-16-7-8-31-20(16)6-5-19(18)24/h5-8,11,13-14H,9-10,12,15H2,1-4H3,(H,28,29);5-8,11-12,14H,2-4,9-10,13H2,1H3,(H,28,29);2-6,9-10,12H,7-8,11H2,1H3,(H,25,26)(H,29,30)/i15D2;;. The molecule has 0 radical (unpaired) electrons. The molecular formula is C75H70F3N13O6. The van der Waals surface area contributed by atoms with Crippen molar-refractivity contribution in [2.75, 3.05) is 49.9 Å². The van der Waals surface area contributed by atoms with Crippen molar-refractivity contribution >= 4 is 46.5 Å². The van der Waals surface area contributed by atoms with Gasteiger partial charge in [-0.2, -0.15) is 0 Å². The van der Waals surface area contributed by atoms with Crippen molar-refractivity contribution in [2.45, 2.75) is 92.4 Å². The van der Waals surface area contributed by atoms with Crippen LogP contribution < -0.4 is 30.2 Å². The molecule has 0 unspecified atom stereocenters. The average molecular weight is 1310 g/mol. The number of carboxylic acids is 1. The average Bonchev–Trinajstić information content (AvgIpc) is 1.74. The Morgan fingerprint density at radius 1 is 0.546 bits per heavy atom. The number of Topliss-reactive ketones (excluding diaryl/α,β-unsaturated/α-hetero) is 1. The van der Waals surface area contributed by atoms with Gasteiger partial charge in [0.2, 0.25) is 17.8 Å². The van der Waals surface area contributed by atoms with Gasteiger partial charge in [0.1, 0.15) is 51.6 Å². The van der Waals surface area contributed by atoms with Crippen LogP contribution in [0.25, 0.3) is 50.3 Å². The number of nitrogens with zero attached hydrogens (tertiary/aromatic N) is 10. The SMILES string of the molecule is Cc1cn2c(NCc3c(F)ccc4c3CCO4)ncc(-c3ccc4c(c3)CCCC4=O)c2n1.Cc1cn2c(NCc3c(F)ccc4c3CCO4)ncc(-c3cccc(C(=O)O)c3)c2n1.[2H]C([2H])(c1ccc(-c2cnc(NCc3c(F)ccc4c3CCO4)n3cc(C)nc23)c(C)c1)N(C)C. The highest BCUT2D eigenvalue weighted by atomic mass is 19.1. The molecule has 12 aromatic rings. The van der Waals surface area contributed by atoms with Gasteiger partial charge in [-0.1, -0.05) is 48.5 Å². The first-order chi connectivity index (χ1) is 47.8. The van der Waals surface area contributed by atoms with E-state index in [1.807, 2.05) is 91.5 Å². The van der Waals surface area contributed by atoms with Gasteiger partial charge >= 0.3 is 5.97 Å². The number of aromatic nitrogens is 9. The van der Waals surface area contributed by atoms with Crippen molar-refractivity contribution in [3.05, 3.63) is 230 Å². The molecule has 1 aliphatic carbocycles. The number of halogens is 3. The Hall–Kier alpha value is -11.1. The number of carbonyl (C=O) groups excluding carboxylic acids is 1. The summed E-state index contributed by atoms with van der Waals surface area (Å²) in [6, 6.07) is 27.6. The van der Waals surface area contributed by atoms with E-state index in [0.717, 1.165) is 114 Å². The molecule has 6 aromatic carbocycles. The molecule has 0 bridgehead atoms. The molecule has 16 rings (SSSR count). The van der Waals surface area contributed by atoms with E-state index in [0.29, 0.717) is 109 Å². The third-order valence-corrected chi connectivity index (χ3v) is 17.8. The monoisotopic (exact) mass is 1310 g/mol. The van der Waals surface area contributed by atoms with Crippen LogP contribution in [0.15, 0.2) is 134 Å². The molecule has 0 fully saturated rings. The summed E-state index contributed by atoms with van der Waals surface area (Å²) < 4.78 is 82.6. The number of ketones is 1. The summed E-state index contributed by atoms with van der Waals surface area (Å²) in [6.45, 7) is 8.66. The molecule has 4 N–H and O–H groups in total. The smallest absolute Gasteiger partial charge is 0.335 e. The summed E-state index contributed by atoms with van der Waals surface area (Å²) >= 11 is 0. The van der Waals surface area contributed by atoms with Gasteiger partial charge in [0, 0.05) is 147 Å². The number of carboxylic acid groups (broad SMARTS) is 1. The third-order valence-electron chi connectivity index (χ3n) is 17.8. The number of aryl methyl sites for hydroxylation is 5.